The molecule has 5 heteroatoms. The Morgan fingerprint density at radius 3 is 2.52 bits per heavy atom. The van der Waals surface area contributed by atoms with Crippen molar-refractivity contribution >= 4 is 5.91 Å². The molecule has 1 aromatic heterocycles. The first-order valence-electron chi connectivity index (χ1n) is 7.77. The van der Waals surface area contributed by atoms with E-state index in [-0.39, 0.29) is 5.91 Å². The minimum Gasteiger partial charge on any atom is -0.339 e. The van der Waals surface area contributed by atoms with Crippen molar-refractivity contribution in [3.8, 4) is 0 Å². The molecule has 0 aliphatic carbocycles. The average Bonchev–Trinajstić information content (AvgIpc) is 2.53. The molecule has 0 atom stereocenters. The second-order valence-corrected chi connectivity index (χ2v) is 5.59. The van der Waals surface area contributed by atoms with Gasteiger partial charge in [-0.25, -0.2) is 4.98 Å². The lowest BCUT2D eigenvalue weighted by Gasteiger charge is -2.34. The van der Waals surface area contributed by atoms with Crippen molar-refractivity contribution in [3.05, 3.63) is 29.8 Å². The SMILES string of the molecule is CCN(CC)CC1CCN(C(=O)c2ccc(F)nc2)CC1. The minimum atomic E-state index is -0.551. The Bertz CT molecular complexity index is 451. The second kappa shape index (κ2) is 7.50. The van der Waals surface area contributed by atoms with Crippen LogP contribution >= 0.6 is 0 Å². The van der Waals surface area contributed by atoms with E-state index in [1.807, 2.05) is 4.90 Å². The predicted octanol–water partition coefficient (Wildman–Crippen LogP) is 2.41. The molecule has 1 aromatic rings. The molecule has 4 nitrogen and oxygen atoms in total. The van der Waals surface area contributed by atoms with Gasteiger partial charge in [0.05, 0.1) is 5.56 Å². The number of hydrogen-bond donors (Lipinski definition) is 0. The van der Waals surface area contributed by atoms with Crippen LogP contribution in [0.2, 0.25) is 0 Å². The van der Waals surface area contributed by atoms with Gasteiger partial charge < -0.3 is 9.80 Å². The number of likely N-dealkylation sites (tertiary alicyclic amines) is 1. The molecule has 2 heterocycles. The molecule has 0 saturated carbocycles. The Morgan fingerprint density at radius 1 is 1.33 bits per heavy atom. The number of nitrogens with zero attached hydrogens (tertiary/aromatic N) is 3. The maximum absolute atomic E-state index is 12.8. The van der Waals surface area contributed by atoms with Crippen molar-refractivity contribution in [1.29, 1.82) is 0 Å². The van der Waals surface area contributed by atoms with E-state index in [1.54, 1.807) is 0 Å². The van der Waals surface area contributed by atoms with Crippen LogP contribution in [0.25, 0.3) is 0 Å². The fourth-order valence-electron chi connectivity index (χ4n) is 2.85. The maximum Gasteiger partial charge on any atom is 0.255 e. The fourth-order valence-corrected chi connectivity index (χ4v) is 2.85. The highest BCUT2D eigenvalue weighted by molar-refractivity contribution is 5.93. The summed E-state index contributed by atoms with van der Waals surface area (Å²) >= 11 is 0. The third-order valence-corrected chi connectivity index (χ3v) is 4.29. The molecular formula is C16H24FN3O. The van der Waals surface area contributed by atoms with E-state index in [0.29, 0.717) is 11.5 Å². The molecular weight excluding hydrogens is 269 g/mol. The molecule has 1 fully saturated rings. The average molecular weight is 293 g/mol. The van der Waals surface area contributed by atoms with Crippen molar-refractivity contribution < 1.29 is 9.18 Å². The zero-order valence-electron chi connectivity index (χ0n) is 12.9. The number of halogens is 1. The molecule has 0 spiro atoms. The number of piperidine rings is 1. The van der Waals surface area contributed by atoms with Gasteiger partial charge in [-0.15, -0.1) is 0 Å². The molecule has 0 unspecified atom stereocenters. The monoisotopic (exact) mass is 293 g/mol. The number of carbonyl (C=O) groups is 1. The zero-order valence-corrected chi connectivity index (χ0v) is 12.9. The van der Waals surface area contributed by atoms with Crippen molar-refractivity contribution in [2.24, 2.45) is 5.92 Å². The summed E-state index contributed by atoms with van der Waals surface area (Å²) in [6, 6.07) is 2.74. The van der Waals surface area contributed by atoms with Crippen molar-refractivity contribution in [2.75, 3.05) is 32.7 Å². The lowest BCUT2D eigenvalue weighted by atomic mass is 9.95. The molecule has 1 saturated heterocycles. The minimum absolute atomic E-state index is 0.0382. The van der Waals surface area contributed by atoms with Crippen LogP contribution < -0.4 is 0 Å². The standard InChI is InChI=1S/C16H24FN3O/c1-3-19(4-2)12-13-7-9-20(10-8-13)16(21)14-5-6-15(17)18-11-14/h5-6,11,13H,3-4,7-10,12H2,1-2H3. The number of aromatic nitrogens is 1. The zero-order chi connectivity index (χ0) is 15.2. The van der Waals surface area contributed by atoms with Gasteiger partial charge in [-0.1, -0.05) is 13.8 Å². The Kier molecular flexibility index (Phi) is 5.67. The predicted molar refractivity (Wildman–Crippen MR) is 80.6 cm³/mol. The first-order chi connectivity index (χ1) is 10.1. The van der Waals surface area contributed by atoms with Gasteiger partial charge in [0, 0.05) is 25.8 Å². The Labute approximate surface area is 126 Å². The summed E-state index contributed by atoms with van der Waals surface area (Å²) in [7, 11) is 0. The van der Waals surface area contributed by atoms with Crippen molar-refractivity contribution in [3.63, 3.8) is 0 Å². The van der Waals surface area contributed by atoms with Crippen LogP contribution in [-0.2, 0) is 0 Å². The highest BCUT2D eigenvalue weighted by Crippen LogP contribution is 2.20. The van der Waals surface area contributed by atoms with Crippen molar-refractivity contribution in [1.82, 2.24) is 14.8 Å². The Morgan fingerprint density at radius 2 is 2.00 bits per heavy atom. The highest BCUT2D eigenvalue weighted by Gasteiger charge is 2.24. The number of amides is 1. The van der Waals surface area contributed by atoms with Crippen LogP contribution in [0.3, 0.4) is 0 Å². The van der Waals surface area contributed by atoms with Crippen LogP contribution in [0.4, 0.5) is 4.39 Å². The summed E-state index contributed by atoms with van der Waals surface area (Å²) in [6.45, 7) is 9.21. The van der Waals surface area contributed by atoms with E-state index in [9.17, 15) is 9.18 Å². The summed E-state index contributed by atoms with van der Waals surface area (Å²) in [5.41, 5.74) is 0.471. The van der Waals surface area contributed by atoms with Gasteiger partial charge in [0.2, 0.25) is 5.95 Å². The van der Waals surface area contributed by atoms with Crippen molar-refractivity contribution in [2.45, 2.75) is 26.7 Å². The van der Waals surface area contributed by atoms with Gasteiger partial charge in [-0.2, -0.15) is 4.39 Å². The molecule has 1 aliphatic heterocycles. The summed E-state index contributed by atoms with van der Waals surface area (Å²) in [4.78, 5) is 20.1. The number of pyridine rings is 1. The van der Waals surface area contributed by atoms with E-state index in [0.717, 1.165) is 45.6 Å². The second-order valence-electron chi connectivity index (χ2n) is 5.59. The fraction of sp³-hybridized carbons (Fsp3) is 0.625. The van der Waals surface area contributed by atoms with E-state index in [1.165, 1.54) is 18.3 Å². The molecule has 1 aliphatic rings. The normalized spacial score (nSPS) is 16.5. The molecule has 0 radical (unpaired) electrons. The Hall–Kier alpha value is -1.49. The third-order valence-electron chi connectivity index (χ3n) is 4.29. The molecule has 0 N–H and O–H groups in total. The van der Waals surface area contributed by atoms with E-state index >= 15 is 0 Å². The third kappa shape index (κ3) is 4.24. The molecule has 0 bridgehead atoms. The molecule has 0 aromatic carbocycles. The molecule has 1 amide bonds. The quantitative estimate of drug-likeness (QED) is 0.782. The number of hydrogen-bond acceptors (Lipinski definition) is 3. The topological polar surface area (TPSA) is 36.4 Å². The molecule has 2 rings (SSSR count). The van der Waals surface area contributed by atoms with Gasteiger partial charge in [-0.05, 0) is 44.0 Å². The molecule has 21 heavy (non-hydrogen) atoms. The number of carbonyl (C=O) groups excluding carboxylic acids is 1. The van der Waals surface area contributed by atoms with Gasteiger partial charge in [-0.3, -0.25) is 4.79 Å². The highest BCUT2D eigenvalue weighted by atomic mass is 19.1. The van der Waals surface area contributed by atoms with Crippen LogP contribution in [0.1, 0.15) is 37.0 Å². The van der Waals surface area contributed by atoms with E-state index < -0.39 is 5.95 Å². The van der Waals surface area contributed by atoms with Crippen LogP contribution in [0, 0.1) is 11.9 Å². The largest absolute Gasteiger partial charge is 0.339 e. The Balaban J connectivity index is 1.86. The maximum atomic E-state index is 12.8. The van der Waals surface area contributed by atoms with Gasteiger partial charge >= 0.3 is 0 Å². The van der Waals surface area contributed by atoms with Gasteiger partial charge in [0.1, 0.15) is 0 Å². The summed E-state index contributed by atoms with van der Waals surface area (Å²) in [5, 5.41) is 0. The lowest BCUT2D eigenvalue weighted by Crippen LogP contribution is -2.41. The first kappa shape index (κ1) is 15.9. The molecule has 116 valence electrons. The number of rotatable bonds is 5. The van der Waals surface area contributed by atoms with Gasteiger partial charge in [0.25, 0.3) is 5.91 Å². The van der Waals surface area contributed by atoms with Crippen LogP contribution in [0.5, 0.6) is 0 Å². The van der Waals surface area contributed by atoms with Gasteiger partial charge in [0.15, 0.2) is 0 Å². The van der Waals surface area contributed by atoms with E-state index in [4.69, 9.17) is 0 Å². The van der Waals surface area contributed by atoms with E-state index in [2.05, 4.69) is 23.7 Å². The van der Waals surface area contributed by atoms with Crippen LogP contribution in [0.15, 0.2) is 18.3 Å². The first-order valence-corrected chi connectivity index (χ1v) is 7.77. The summed E-state index contributed by atoms with van der Waals surface area (Å²) < 4.78 is 12.8. The van der Waals surface area contributed by atoms with Crippen LogP contribution in [-0.4, -0.2) is 53.4 Å². The summed E-state index contributed by atoms with van der Waals surface area (Å²) in [6.07, 6.45) is 3.40. The smallest absolute Gasteiger partial charge is 0.255 e. The lowest BCUT2D eigenvalue weighted by molar-refractivity contribution is 0.0669. The summed E-state index contributed by atoms with van der Waals surface area (Å²) in [5.74, 6) is 0.0774.